The summed E-state index contributed by atoms with van der Waals surface area (Å²) in [6.45, 7) is 4.59. The largest absolute Gasteiger partial charge is 0.482 e. The van der Waals surface area contributed by atoms with Crippen LogP contribution < -0.4 is 10.1 Å². The molecule has 0 unspecified atom stereocenters. The predicted octanol–water partition coefficient (Wildman–Crippen LogP) is 5.17. The van der Waals surface area contributed by atoms with Crippen LogP contribution in [0.15, 0.2) is 54.6 Å². The Hall–Kier alpha value is -3.00. The van der Waals surface area contributed by atoms with Crippen molar-refractivity contribution in [1.29, 1.82) is 0 Å². The molecule has 0 bridgehead atoms. The highest BCUT2D eigenvalue weighted by molar-refractivity contribution is 6.32. The van der Waals surface area contributed by atoms with Crippen LogP contribution in [-0.4, -0.2) is 42.6 Å². The maximum absolute atomic E-state index is 13.4. The highest BCUT2D eigenvalue weighted by Gasteiger charge is 2.35. The summed E-state index contributed by atoms with van der Waals surface area (Å²) >= 11 is 6.12. The molecule has 0 saturated heterocycles. The van der Waals surface area contributed by atoms with E-state index in [1.54, 1.807) is 11.0 Å². The van der Waals surface area contributed by atoms with Crippen LogP contribution in [0.25, 0.3) is 5.57 Å². The van der Waals surface area contributed by atoms with Crippen molar-refractivity contribution in [1.82, 2.24) is 4.90 Å². The second kappa shape index (κ2) is 10.9. The average molecular weight is 455 g/mol. The number of nitrogens with zero attached hydrogens (tertiary/aromatic N) is 1. The predicted molar refractivity (Wildman–Crippen MR) is 114 cm³/mol. The van der Waals surface area contributed by atoms with E-state index in [0.29, 0.717) is 19.2 Å². The highest BCUT2D eigenvalue weighted by atomic mass is 35.5. The van der Waals surface area contributed by atoms with Crippen molar-refractivity contribution < 1.29 is 27.5 Å². The molecule has 31 heavy (non-hydrogen) atoms. The van der Waals surface area contributed by atoms with E-state index in [1.165, 1.54) is 42.5 Å². The standard InChI is InChI=1S/C22H22ClF3N2O3/c1-3-28(4-2)21(30)14-31-19-11-10-16(12-18(19)23)27-20(29)13-17(22(24,25)26)15-8-6-5-7-9-15/h5-13H,3-4,14H2,1-2H3,(H,27,29)/b17-13-. The van der Waals surface area contributed by atoms with E-state index in [0.717, 1.165) is 0 Å². The Morgan fingerprint density at radius 3 is 2.29 bits per heavy atom. The Morgan fingerprint density at radius 2 is 1.74 bits per heavy atom. The van der Waals surface area contributed by atoms with E-state index in [1.807, 2.05) is 13.8 Å². The molecule has 2 amide bonds. The van der Waals surface area contributed by atoms with E-state index < -0.39 is 17.7 Å². The minimum Gasteiger partial charge on any atom is -0.482 e. The van der Waals surface area contributed by atoms with Crippen molar-refractivity contribution >= 4 is 34.7 Å². The Kier molecular flexibility index (Phi) is 8.50. The zero-order chi connectivity index (χ0) is 23.0. The average Bonchev–Trinajstić information content (AvgIpc) is 2.72. The third-order valence-electron chi connectivity index (χ3n) is 4.33. The maximum atomic E-state index is 13.4. The zero-order valence-corrected chi connectivity index (χ0v) is 17.8. The van der Waals surface area contributed by atoms with Crippen molar-refractivity contribution in [3.8, 4) is 5.75 Å². The van der Waals surface area contributed by atoms with Gasteiger partial charge in [-0.1, -0.05) is 41.9 Å². The number of anilines is 1. The Morgan fingerprint density at radius 1 is 1.10 bits per heavy atom. The first kappa shape index (κ1) is 24.3. The van der Waals surface area contributed by atoms with Crippen molar-refractivity contribution in [2.24, 2.45) is 0 Å². The van der Waals surface area contributed by atoms with Gasteiger partial charge in [0.2, 0.25) is 5.91 Å². The summed E-state index contributed by atoms with van der Waals surface area (Å²) in [5, 5.41) is 2.46. The smallest absolute Gasteiger partial charge is 0.417 e. The van der Waals surface area contributed by atoms with Gasteiger partial charge < -0.3 is 15.0 Å². The first-order valence-corrected chi connectivity index (χ1v) is 9.88. The number of rotatable bonds is 8. The summed E-state index contributed by atoms with van der Waals surface area (Å²) in [5.74, 6) is -0.947. The number of carbonyl (C=O) groups is 2. The fourth-order valence-electron chi connectivity index (χ4n) is 2.76. The fraction of sp³-hybridized carbons (Fsp3) is 0.273. The molecule has 0 atom stereocenters. The van der Waals surface area contributed by atoms with Crippen molar-refractivity contribution in [3.05, 3.63) is 65.2 Å². The second-order valence-electron chi connectivity index (χ2n) is 6.41. The molecular formula is C22H22ClF3N2O3. The number of likely N-dealkylation sites (N-methyl/N-ethyl adjacent to an activating group) is 1. The number of allylic oxidation sites excluding steroid dienone is 1. The molecule has 0 fully saturated rings. The molecule has 1 N–H and O–H groups in total. The summed E-state index contributed by atoms with van der Waals surface area (Å²) in [6, 6.07) is 11.2. The first-order valence-electron chi connectivity index (χ1n) is 9.51. The number of ether oxygens (including phenoxy) is 1. The molecule has 0 aliphatic rings. The van der Waals surface area contributed by atoms with Gasteiger partial charge in [0.1, 0.15) is 5.75 Å². The van der Waals surface area contributed by atoms with Crippen molar-refractivity contribution in [3.63, 3.8) is 0 Å². The molecule has 0 aliphatic carbocycles. The molecule has 9 heteroatoms. The van der Waals surface area contributed by atoms with E-state index in [4.69, 9.17) is 16.3 Å². The van der Waals surface area contributed by atoms with Gasteiger partial charge in [0.25, 0.3) is 5.91 Å². The summed E-state index contributed by atoms with van der Waals surface area (Å²) in [4.78, 5) is 25.8. The Bertz CT molecular complexity index is 943. The molecule has 0 saturated carbocycles. The quantitative estimate of drug-likeness (QED) is 0.560. The van der Waals surface area contributed by atoms with Crippen molar-refractivity contribution in [2.75, 3.05) is 25.0 Å². The minimum absolute atomic E-state index is 0.105. The number of hydrogen-bond donors (Lipinski definition) is 1. The number of nitrogens with one attached hydrogen (secondary N) is 1. The van der Waals surface area contributed by atoms with Crippen LogP contribution in [0.3, 0.4) is 0 Å². The van der Waals surface area contributed by atoms with Crippen LogP contribution >= 0.6 is 11.6 Å². The third-order valence-corrected chi connectivity index (χ3v) is 4.63. The van der Waals surface area contributed by atoms with Crippen LogP contribution in [-0.2, 0) is 9.59 Å². The van der Waals surface area contributed by atoms with Gasteiger partial charge in [0.15, 0.2) is 6.61 Å². The van der Waals surface area contributed by atoms with Gasteiger partial charge >= 0.3 is 6.18 Å². The number of hydrogen-bond acceptors (Lipinski definition) is 3. The lowest BCUT2D eigenvalue weighted by Gasteiger charge is -2.19. The van der Waals surface area contributed by atoms with Crippen LogP contribution in [0.2, 0.25) is 5.02 Å². The zero-order valence-electron chi connectivity index (χ0n) is 17.0. The molecule has 166 valence electrons. The van der Waals surface area contributed by atoms with Gasteiger partial charge in [-0.05, 0) is 37.6 Å². The monoisotopic (exact) mass is 454 g/mol. The summed E-state index contributed by atoms with van der Waals surface area (Å²) in [5.41, 5.74) is -1.00. The van der Waals surface area contributed by atoms with E-state index in [9.17, 15) is 22.8 Å². The molecule has 5 nitrogen and oxygen atoms in total. The second-order valence-corrected chi connectivity index (χ2v) is 6.82. The number of benzene rings is 2. The van der Waals surface area contributed by atoms with Gasteiger partial charge in [-0.25, -0.2) is 0 Å². The van der Waals surface area contributed by atoms with Crippen molar-refractivity contribution in [2.45, 2.75) is 20.0 Å². The number of alkyl halides is 3. The molecule has 2 rings (SSSR count). The SMILES string of the molecule is CCN(CC)C(=O)COc1ccc(NC(=O)/C=C(/c2ccccc2)C(F)(F)F)cc1Cl. The topological polar surface area (TPSA) is 58.6 Å². The number of amides is 2. The van der Waals surface area contributed by atoms with E-state index >= 15 is 0 Å². The van der Waals surface area contributed by atoms with Gasteiger partial charge in [-0.3, -0.25) is 9.59 Å². The van der Waals surface area contributed by atoms with Crippen LogP contribution in [0.4, 0.5) is 18.9 Å². The van der Waals surface area contributed by atoms with E-state index in [2.05, 4.69) is 5.32 Å². The molecule has 2 aromatic carbocycles. The highest BCUT2D eigenvalue weighted by Crippen LogP contribution is 2.34. The number of halogens is 4. The summed E-state index contributed by atoms with van der Waals surface area (Å²) in [7, 11) is 0. The third kappa shape index (κ3) is 7.03. The van der Waals surface area contributed by atoms with E-state index in [-0.39, 0.29) is 34.5 Å². The molecule has 2 aromatic rings. The molecular weight excluding hydrogens is 433 g/mol. The number of carbonyl (C=O) groups excluding carboxylic acids is 2. The van der Waals surface area contributed by atoms with Gasteiger partial charge in [0, 0.05) is 24.9 Å². The summed E-state index contributed by atoms with van der Waals surface area (Å²) in [6.07, 6.45) is -4.21. The van der Waals surface area contributed by atoms with Crippen LogP contribution in [0, 0.1) is 0 Å². The molecule has 0 spiro atoms. The molecule has 0 aliphatic heterocycles. The van der Waals surface area contributed by atoms with Gasteiger partial charge in [0.05, 0.1) is 10.6 Å². The molecule has 0 radical (unpaired) electrons. The summed E-state index contributed by atoms with van der Waals surface area (Å²) < 4.78 is 45.5. The van der Waals surface area contributed by atoms with Crippen LogP contribution in [0.5, 0.6) is 5.75 Å². The van der Waals surface area contributed by atoms with Crippen LogP contribution in [0.1, 0.15) is 19.4 Å². The Labute approximate surface area is 183 Å². The van der Waals surface area contributed by atoms with Gasteiger partial charge in [-0.15, -0.1) is 0 Å². The van der Waals surface area contributed by atoms with Gasteiger partial charge in [-0.2, -0.15) is 13.2 Å². The molecule has 0 aromatic heterocycles. The maximum Gasteiger partial charge on any atom is 0.417 e. The minimum atomic E-state index is -4.70. The normalized spacial score (nSPS) is 11.7. The fourth-order valence-corrected chi connectivity index (χ4v) is 2.99. The Balaban J connectivity index is 2.10. The lowest BCUT2D eigenvalue weighted by molar-refractivity contribution is -0.133. The lowest BCUT2D eigenvalue weighted by atomic mass is 10.1. The molecule has 0 heterocycles. The lowest BCUT2D eigenvalue weighted by Crippen LogP contribution is -2.34. The first-order chi connectivity index (χ1) is 14.7.